The average molecular weight is 222 g/mol. The second-order valence-electron chi connectivity index (χ2n) is 3.64. The molecule has 0 aliphatic rings. The van der Waals surface area contributed by atoms with Gasteiger partial charge in [-0.3, -0.25) is 4.79 Å². The molecule has 1 rings (SSSR count). The average Bonchev–Trinajstić information content (AvgIpc) is 2.31. The molecule has 0 saturated carbocycles. The summed E-state index contributed by atoms with van der Waals surface area (Å²) in [5.41, 5.74) is 1.47. The summed E-state index contributed by atoms with van der Waals surface area (Å²) < 4.78 is 4.11. The number of methoxy groups -OCH3 is 1. The van der Waals surface area contributed by atoms with Crippen LogP contribution in [0.2, 0.25) is 0 Å². The van der Waals surface area contributed by atoms with Gasteiger partial charge in [-0.1, -0.05) is 50.1 Å². The van der Waals surface area contributed by atoms with Crippen molar-refractivity contribution in [3.8, 4) is 0 Å². The van der Waals surface area contributed by atoms with E-state index in [1.54, 1.807) is 0 Å². The highest BCUT2D eigenvalue weighted by Crippen LogP contribution is 2.05. The molecular weight excluding hydrogens is 200 g/mol. The molecule has 0 unspecified atom stereocenters. The standard InChI is InChI=1S/C11H16.C3H6O2/c1-2-3-5-8-11-9-6-4-7-10-11;1-3(4)5-2/h4,6-7,9-10H,2-3,5,8H2,1H3;1-2H3. The highest BCUT2D eigenvalue weighted by Gasteiger charge is 1.89. The van der Waals surface area contributed by atoms with Gasteiger partial charge >= 0.3 is 5.97 Å². The molecule has 0 radical (unpaired) electrons. The lowest BCUT2D eigenvalue weighted by Gasteiger charge is -1.98. The molecule has 0 bridgehead atoms. The molecule has 0 N–H and O–H groups in total. The zero-order valence-corrected chi connectivity index (χ0v) is 10.5. The second-order valence-corrected chi connectivity index (χ2v) is 3.64. The van der Waals surface area contributed by atoms with Crippen LogP contribution >= 0.6 is 0 Å². The SMILES string of the molecule is CCCCCc1ccccc1.COC(C)=O. The molecule has 0 aliphatic carbocycles. The molecule has 1 aromatic rings. The van der Waals surface area contributed by atoms with Gasteiger partial charge in [-0.25, -0.2) is 0 Å². The summed E-state index contributed by atoms with van der Waals surface area (Å²) in [6.07, 6.45) is 5.25. The third-order valence-electron chi connectivity index (χ3n) is 2.20. The van der Waals surface area contributed by atoms with Crippen molar-refractivity contribution in [2.24, 2.45) is 0 Å². The topological polar surface area (TPSA) is 26.3 Å². The smallest absolute Gasteiger partial charge is 0.302 e. The maximum absolute atomic E-state index is 9.59. The predicted molar refractivity (Wildman–Crippen MR) is 67.4 cm³/mol. The van der Waals surface area contributed by atoms with Crippen molar-refractivity contribution < 1.29 is 9.53 Å². The molecule has 2 nitrogen and oxygen atoms in total. The van der Waals surface area contributed by atoms with Gasteiger partial charge in [0.1, 0.15) is 0 Å². The Labute approximate surface area is 98.6 Å². The van der Waals surface area contributed by atoms with E-state index in [9.17, 15) is 4.79 Å². The van der Waals surface area contributed by atoms with Crippen LogP contribution in [0.1, 0.15) is 38.7 Å². The summed E-state index contributed by atoms with van der Waals surface area (Å²) in [4.78, 5) is 9.59. The van der Waals surface area contributed by atoms with Crippen molar-refractivity contribution in [2.45, 2.75) is 39.5 Å². The zero-order valence-electron chi connectivity index (χ0n) is 10.5. The summed E-state index contributed by atoms with van der Waals surface area (Å²) >= 11 is 0. The molecule has 0 saturated heterocycles. The van der Waals surface area contributed by atoms with Gasteiger partial charge in [-0.2, -0.15) is 0 Å². The number of carbonyl (C=O) groups excluding carboxylic acids is 1. The highest BCUT2D eigenvalue weighted by molar-refractivity contribution is 5.65. The monoisotopic (exact) mass is 222 g/mol. The fourth-order valence-electron chi connectivity index (χ4n) is 1.22. The molecule has 0 fully saturated rings. The number of hydrogen-bond donors (Lipinski definition) is 0. The number of rotatable bonds is 4. The number of hydrogen-bond acceptors (Lipinski definition) is 2. The Balaban J connectivity index is 0.000000385. The number of ether oxygens (including phenoxy) is 1. The Morgan fingerprint density at radius 1 is 1.19 bits per heavy atom. The molecule has 0 heterocycles. The first-order valence-electron chi connectivity index (χ1n) is 5.79. The predicted octanol–water partition coefficient (Wildman–Crippen LogP) is 3.60. The number of aryl methyl sites for hydroxylation is 1. The highest BCUT2D eigenvalue weighted by atomic mass is 16.5. The Morgan fingerprint density at radius 3 is 2.19 bits per heavy atom. The first kappa shape index (κ1) is 14.7. The van der Waals surface area contributed by atoms with Gasteiger partial charge in [0.2, 0.25) is 0 Å². The van der Waals surface area contributed by atoms with Gasteiger partial charge in [0, 0.05) is 6.92 Å². The van der Waals surface area contributed by atoms with Crippen molar-refractivity contribution >= 4 is 5.97 Å². The molecular formula is C14H22O2. The summed E-state index contributed by atoms with van der Waals surface area (Å²) in [5, 5.41) is 0. The minimum Gasteiger partial charge on any atom is -0.469 e. The number of unbranched alkanes of at least 4 members (excludes halogenated alkanes) is 2. The van der Waals surface area contributed by atoms with Crippen LogP contribution in [0.5, 0.6) is 0 Å². The van der Waals surface area contributed by atoms with E-state index in [1.807, 2.05) is 0 Å². The Kier molecular flexibility index (Phi) is 9.38. The zero-order chi connectivity index (χ0) is 12.2. The fraction of sp³-hybridized carbons (Fsp3) is 0.500. The van der Waals surface area contributed by atoms with Crippen molar-refractivity contribution in [1.29, 1.82) is 0 Å². The quantitative estimate of drug-likeness (QED) is 0.574. The summed E-state index contributed by atoms with van der Waals surface area (Å²) in [6, 6.07) is 10.7. The van der Waals surface area contributed by atoms with Crippen LogP contribution < -0.4 is 0 Å². The molecule has 1 aromatic carbocycles. The molecule has 0 atom stereocenters. The molecule has 0 aliphatic heterocycles. The minimum atomic E-state index is -0.245. The van der Waals surface area contributed by atoms with Gasteiger partial charge in [0.15, 0.2) is 0 Å². The maximum atomic E-state index is 9.59. The summed E-state index contributed by atoms with van der Waals surface area (Å²) in [6.45, 7) is 3.60. The molecule has 2 heteroatoms. The largest absolute Gasteiger partial charge is 0.469 e. The van der Waals surface area contributed by atoms with Crippen LogP contribution in [0, 0.1) is 0 Å². The number of esters is 1. The van der Waals surface area contributed by atoms with E-state index >= 15 is 0 Å². The van der Waals surface area contributed by atoms with Crippen LogP contribution in [0.4, 0.5) is 0 Å². The number of benzene rings is 1. The normalized spacial score (nSPS) is 8.94. The van der Waals surface area contributed by atoms with Crippen LogP contribution in [0.15, 0.2) is 30.3 Å². The molecule has 16 heavy (non-hydrogen) atoms. The van der Waals surface area contributed by atoms with E-state index in [2.05, 4.69) is 42.0 Å². The van der Waals surface area contributed by atoms with Gasteiger partial charge in [-0.15, -0.1) is 0 Å². The second kappa shape index (κ2) is 10.2. The first-order valence-corrected chi connectivity index (χ1v) is 5.79. The van der Waals surface area contributed by atoms with E-state index in [1.165, 1.54) is 45.3 Å². The van der Waals surface area contributed by atoms with Crippen LogP contribution in [0.25, 0.3) is 0 Å². The van der Waals surface area contributed by atoms with Crippen molar-refractivity contribution in [3.05, 3.63) is 35.9 Å². The van der Waals surface area contributed by atoms with E-state index in [4.69, 9.17) is 0 Å². The van der Waals surface area contributed by atoms with Gasteiger partial charge < -0.3 is 4.74 Å². The van der Waals surface area contributed by atoms with Gasteiger partial charge in [0.25, 0.3) is 0 Å². The molecule has 0 aromatic heterocycles. The third kappa shape index (κ3) is 9.25. The van der Waals surface area contributed by atoms with Crippen LogP contribution in [-0.2, 0) is 16.0 Å². The van der Waals surface area contributed by atoms with Crippen molar-refractivity contribution in [2.75, 3.05) is 7.11 Å². The van der Waals surface area contributed by atoms with E-state index < -0.39 is 0 Å². The molecule has 0 amide bonds. The lowest BCUT2D eigenvalue weighted by molar-refractivity contribution is -0.137. The maximum Gasteiger partial charge on any atom is 0.302 e. The lowest BCUT2D eigenvalue weighted by Crippen LogP contribution is -1.88. The van der Waals surface area contributed by atoms with E-state index in [0.717, 1.165) is 0 Å². The van der Waals surface area contributed by atoms with E-state index in [0.29, 0.717) is 0 Å². The Hall–Kier alpha value is -1.31. The first-order chi connectivity index (χ1) is 7.70. The third-order valence-corrected chi connectivity index (χ3v) is 2.20. The van der Waals surface area contributed by atoms with Crippen molar-refractivity contribution in [1.82, 2.24) is 0 Å². The van der Waals surface area contributed by atoms with Crippen molar-refractivity contribution in [3.63, 3.8) is 0 Å². The van der Waals surface area contributed by atoms with E-state index in [-0.39, 0.29) is 5.97 Å². The Morgan fingerprint density at radius 2 is 1.75 bits per heavy atom. The van der Waals surface area contributed by atoms with Gasteiger partial charge in [-0.05, 0) is 18.4 Å². The molecule has 90 valence electrons. The lowest BCUT2D eigenvalue weighted by atomic mass is 10.1. The Bertz CT molecular complexity index is 267. The van der Waals surface area contributed by atoms with Crippen LogP contribution in [-0.4, -0.2) is 13.1 Å². The summed E-state index contributed by atoms with van der Waals surface area (Å²) in [5.74, 6) is -0.245. The molecule has 0 spiro atoms. The van der Waals surface area contributed by atoms with Gasteiger partial charge in [0.05, 0.1) is 7.11 Å². The number of carbonyl (C=O) groups is 1. The summed E-state index contributed by atoms with van der Waals surface area (Å²) in [7, 11) is 1.35. The fourth-order valence-corrected chi connectivity index (χ4v) is 1.22. The minimum absolute atomic E-state index is 0.245. The van der Waals surface area contributed by atoms with Crippen LogP contribution in [0.3, 0.4) is 0 Å².